The molecule has 5 nitrogen and oxygen atoms in total. The maximum atomic E-state index is 13.5. The second-order valence-electron chi connectivity index (χ2n) is 4.88. The molecule has 0 aliphatic heterocycles. The first kappa shape index (κ1) is 15.8. The molecule has 3 N–H and O–H groups in total. The van der Waals surface area contributed by atoms with Gasteiger partial charge in [-0.2, -0.15) is 0 Å². The van der Waals surface area contributed by atoms with Gasteiger partial charge in [-0.15, -0.1) is 22.6 Å². The molecule has 112 valence electrons. The molecule has 0 unspecified atom stereocenters. The molecule has 21 heavy (non-hydrogen) atoms. The fourth-order valence-corrected chi connectivity index (χ4v) is 2.52. The van der Waals surface area contributed by atoms with Crippen LogP contribution in [-0.2, 0) is 11.2 Å². The van der Waals surface area contributed by atoms with E-state index in [4.69, 9.17) is 5.73 Å². The average molecular weight is 329 g/mol. The minimum Gasteiger partial charge on any atom is -0.317 e. The first-order valence-electron chi connectivity index (χ1n) is 6.23. The molecule has 3 rings (SSSR count). The van der Waals surface area contributed by atoms with E-state index in [1.54, 1.807) is 18.2 Å². The van der Waals surface area contributed by atoms with Gasteiger partial charge < -0.3 is 5.73 Å². The molecular formula is C13H14ClFN4OS. The van der Waals surface area contributed by atoms with Gasteiger partial charge in [0.1, 0.15) is 10.8 Å². The summed E-state index contributed by atoms with van der Waals surface area (Å²) < 4.78 is 13.5. The number of hydrogen-bond acceptors (Lipinski definition) is 5. The highest BCUT2D eigenvalue weighted by Gasteiger charge is 2.46. The van der Waals surface area contributed by atoms with Gasteiger partial charge in [0, 0.05) is 6.42 Å². The van der Waals surface area contributed by atoms with E-state index in [0.717, 1.165) is 0 Å². The number of halogens is 2. The van der Waals surface area contributed by atoms with Crippen LogP contribution >= 0.6 is 23.7 Å². The van der Waals surface area contributed by atoms with Crippen LogP contribution < -0.4 is 11.1 Å². The van der Waals surface area contributed by atoms with Crippen molar-refractivity contribution in [2.24, 2.45) is 5.73 Å². The molecule has 1 aromatic carbocycles. The van der Waals surface area contributed by atoms with Crippen molar-refractivity contribution in [1.29, 1.82) is 0 Å². The topological polar surface area (TPSA) is 80.9 Å². The van der Waals surface area contributed by atoms with Crippen LogP contribution in [0.15, 0.2) is 24.3 Å². The Morgan fingerprint density at radius 3 is 2.76 bits per heavy atom. The molecule has 1 aliphatic carbocycles. The molecule has 0 atom stereocenters. The van der Waals surface area contributed by atoms with Crippen LogP contribution in [0.1, 0.15) is 23.4 Å². The quantitative estimate of drug-likeness (QED) is 0.900. The minimum absolute atomic E-state index is 0. The number of nitrogens with one attached hydrogen (secondary N) is 1. The van der Waals surface area contributed by atoms with E-state index in [1.807, 2.05) is 0 Å². The third-order valence-electron chi connectivity index (χ3n) is 3.23. The minimum atomic E-state index is -0.739. The van der Waals surface area contributed by atoms with E-state index in [2.05, 4.69) is 15.5 Å². The van der Waals surface area contributed by atoms with Crippen molar-refractivity contribution in [2.45, 2.75) is 24.8 Å². The fourth-order valence-electron chi connectivity index (χ4n) is 1.76. The summed E-state index contributed by atoms with van der Waals surface area (Å²) in [4.78, 5) is 11.8. The number of aromatic nitrogens is 2. The molecule has 8 heteroatoms. The molecule has 1 saturated carbocycles. The molecule has 0 saturated heterocycles. The van der Waals surface area contributed by atoms with Gasteiger partial charge in [-0.25, -0.2) is 4.39 Å². The van der Waals surface area contributed by atoms with Crippen molar-refractivity contribution < 1.29 is 9.18 Å². The summed E-state index contributed by atoms with van der Waals surface area (Å²) in [6, 6.07) is 6.52. The van der Waals surface area contributed by atoms with Gasteiger partial charge in [0.05, 0.1) is 5.54 Å². The molecule has 0 bridgehead atoms. The molecule has 0 radical (unpaired) electrons. The molecule has 1 amide bonds. The number of amides is 1. The van der Waals surface area contributed by atoms with Crippen LogP contribution in [0.5, 0.6) is 0 Å². The number of anilines is 1. The lowest BCUT2D eigenvalue weighted by Crippen LogP contribution is -2.37. The van der Waals surface area contributed by atoms with Gasteiger partial charge in [-0.3, -0.25) is 10.1 Å². The Balaban J connectivity index is 0.00000161. The summed E-state index contributed by atoms with van der Waals surface area (Å²) in [5, 5.41) is 11.5. The first-order valence-corrected chi connectivity index (χ1v) is 7.05. The summed E-state index contributed by atoms with van der Waals surface area (Å²) in [5.74, 6) is -0.502. The Hall–Kier alpha value is -1.57. The fraction of sp³-hybridized carbons (Fsp3) is 0.308. The number of benzene rings is 1. The van der Waals surface area contributed by atoms with Gasteiger partial charge >= 0.3 is 0 Å². The van der Waals surface area contributed by atoms with Gasteiger partial charge in [-0.05, 0) is 24.5 Å². The second-order valence-corrected chi connectivity index (χ2v) is 5.94. The molecule has 1 heterocycles. The van der Waals surface area contributed by atoms with E-state index in [1.165, 1.54) is 17.4 Å². The second kappa shape index (κ2) is 6.05. The van der Waals surface area contributed by atoms with Crippen molar-refractivity contribution >= 4 is 34.8 Å². The molecule has 2 aromatic rings. The van der Waals surface area contributed by atoms with Gasteiger partial charge in [-0.1, -0.05) is 29.5 Å². The smallest absolute Gasteiger partial charge is 0.246 e. The van der Waals surface area contributed by atoms with Gasteiger partial charge in [0.25, 0.3) is 0 Å². The summed E-state index contributed by atoms with van der Waals surface area (Å²) in [6.07, 6.45) is 1.74. The van der Waals surface area contributed by atoms with E-state index < -0.39 is 5.54 Å². The predicted octanol–water partition coefficient (Wildman–Crippen LogP) is 2.12. The van der Waals surface area contributed by atoms with E-state index >= 15 is 0 Å². The predicted molar refractivity (Wildman–Crippen MR) is 81.1 cm³/mol. The first-order chi connectivity index (χ1) is 9.57. The normalized spacial score (nSPS) is 15.1. The average Bonchev–Trinajstić information content (AvgIpc) is 3.03. The zero-order chi connectivity index (χ0) is 14.2. The van der Waals surface area contributed by atoms with Crippen LogP contribution in [0, 0.1) is 5.82 Å². The van der Waals surface area contributed by atoms with Crippen LogP contribution in [-0.4, -0.2) is 21.6 Å². The maximum Gasteiger partial charge on any atom is 0.246 e. The molecule has 0 spiro atoms. The number of hydrogen-bond donors (Lipinski definition) is 2. The summed E-state index contributed by atoms with van der Waals surface area (Å²) in [5.41, 5.74) is 5.60. The Bertz CT molecular complexity index is 659. The number of nitrogens with zero attached hydrogens (tertiary/aromatic N) is 2. The Labute approximate surface area is 131 Å². The van der Waals surface area contributed by atoms with Crippen LogP contribution in [0.25, 0.3) is 0 Å². The highest BCUT2D eigenvalue weighted by molar-refractivity contribution is 7.15. The molecule has 1 aliphatic rings. The lowest BCUT2D eigenvalue weighted by molar-refractivity contribution is -0.118. The summed E-state index contributed by atoms with van der Waals surface area (Å²) in [7, 11) is 0. The molecular weight excluding hydrogens is 315 g/mol. The van der Waals surface area contributed by atoms with Gasteiger partial charge in [0.2, 0.25) is 11.0 Å². The van der Waals surface area contributed by atoms with Crippen LogP contribution in [0.3, 0.4) is 0 Å². The van der Waals surface area contributed by atoms with Gasteiger partial charge in [0.15, 0.2) is 0 Å². The number of rotatable bonds is 4. The Morgan fingerprint density at radius 2 is 2.10 bits per heavy atom. The van der Waals surface area contributed by atoms with Crippen LogP contribution in [0.2, 0.25) is 0 Å². The maximum absolute atomic E-state index is 13.5. The van der Waals surface area contributed by atoms with Crippen molar-refractivity contribution in [1.82, 2.24) is 10.2 Å². The lowest BCUT2D eigenvalue weighted by Gasteiger charge is -2.05. The highest BCUT2D eigenvalue weighted by Crippen LogP contribution is 2.33. The number of nitrogens with two attached hydrogens (primary N) is 1. The highest BCUT2D eigenvalue weighted by atomic mass is 35.5. The molecule has 1 fully saturated rings. The monoisotopic (exact) mass is 328 g/mol. The van der Waals surface area contributed by atoms with Crippen molar-refractivity contribution in [3.05, 3.63) is 40.7 Å². The molecule has 1 aromatic heterocycles. The zero-order valence-corrected chi connectivity index (χ0v) is 12.6. The van der Waals surface area contributed by atoms with Crippen LogP contribution in [0.4, 0.5) is 9.52 Å². The SMILES string of the molecule is Cl.NC1(C(=O)Nc2nnc(Cc3ccccc3F)s2)CC1. The van der Waals surface area contributed by atoms with E-state index in [0.29, 0.717) is 35.0 Å². The van der Waals surface area contributed by atoms with Crippen molar-refractivity contribution in [2.75, 3.05) is 5.32 Å². The third-order valence-corrected chi connectivity index (χ3v) is 4.07. The zero-order valence-electron chi connectivity index (χ0n) is 11.0. The van der Waals surface area contributed by atoms with Crippen molar-refractivity contribution in [3.8, 4) is 0 Å². The van der Waals surface area contributed by atoms with E-state index in [-0.39, 0.29) is 24.1 Å². The van der Waals surface area contributed by atoms with Crippen molar-refractivity contribution in [3.63, 3.8) is 0 Å². The Kier molecular flexibility index (Phi) is 4.55. The summed E-state index contributed by atoms with van der Waals surface area (Å²) in [6.45, 7) is 0. The lowest BCUT2D eigenvalue weighted by atomic mass is 10.1. The Morgan fingerprint density at radius 1 is 1.38 bits per heavy atom. The standard InChI is InChI=1S/C13H13FN4OS.ClH/c14-9-4-2-1-3-8(9)7-10-17-18-12(20-10)16-11(19)13(15)5-6-13;/h1-4H,5-7,15H2,(H,16,18,19);1H. The largest absolute Gasteiger partial charge is 0.317 e. The number of carbonyl (C=O) groups is 1. The third kappa shape index (κ3) is 3.55. The van der Waals surface area contributed by atoms with E-state index in [9.17, 15) is 9.18 Å². The summed E-state index contributed by atoms with van der Waals surface area (Å²) >= 11 is 1.23. The number of carbonyl (C=O) groups excluding carboxylic acids is 1.